The Kier molecular flexibility index (Phi) is 4.42. The van der Waals surface area contributed by atoms with Gasteiger partial charge >= 0.3 is 0 Å². The second-order valence-corrected chi connectivity index (χ2v) is 4.53. The van der Waals surface area contributed by atoms with Gasteiger partial charge in [-0.15, -0.1) is 0 Å². The van der Waals surface area contributed by atoms with Crippen molar-refractivity contribution in [2.75, 3.05) is 12.4 Å². The maximum absolute atomic E-state index is 10.7. The van der Waals surface area contributed by atoms with Gasteiger partial charge in [0.05, 0.1) is 22.7 Å². The predicted molar refractivity (Wildman–Crippen MR) is 78.4 cm³/mol. The first kappa shape index (κ1) is 14.1. The molecule has 2 aromatic carbocycles. The molecule has 0 radical (unpaired) electrons. The smallest absolute Gasteiger partial charge is 0.271 e. The van der Waals surface area contributed by atoms with Crippen LogP contribution in [-0.4, -0.2) is 12.0 Å². The quantitative estimate of drug-likeness (QED) is 0.671. The van der Waals surface area contributed by atoms with Gasteiger partial charge in [0.15, 0.2) is 0 Å². The fourth-order valence-corrected chi connectivity index (χ4v) is 1.89. The molecule has 0 aliphatic rings. The number of hydrogen-bond acceptors (Lipinski definition) is 4. The Morgan fingerprint density at radius 3 is 2.55 bits per heavy atom. The highest BCUT2D eigenvalue weighted by atomic mass is 35.5. The van der Waals surface area contributed by atoms with Crippen LogP contribution >= 0.6 is 11.6 Å². The second-order valence-electron chi connectivity index (χ2n) is 4.12. The van der Waals surface area contributed by atoms with E-state index in [1.165, 1.54) is 18.2 Å². The zero-order valence-corrected chi connectivity index (χ0v) is 11.6. The van der Waals surface area contributed by atoms with Gasteiger partial charge in [-0.25, -0.2) is 0 Å². The number of benzene rings is 2. The third kappa shape index (κ3) is 3.39. The molecule has 1 N–H and O–H groups in total. The van der Waals surface area contributed by atoms with Crippen molar-refractivity contribution in [1.29, 1.82) is 0 Å². The molecule has 2 rings (SSSR count). The lowest BCUT2D eigenvalue weighted by Crippen LogP contribution is -2.00. The van der Waals surface area contributed by atoms with E-state index in [1.54, 1.807) is 7.11 Å². The molecule has 0 heterocycles. The molecule has 0 atom stereocenters. The van der Waals surface area contributed by atoms with Crippen molar-refractivity contribution < 1.29 is 9.66 Å². The van der Waals surface area contributed by atoms with Crippen molar-refractivity contribution in [3.63, 3.8) is 0 Å². The van der Waals surface area contributed by atoms with Crippen molar-refractivity contribution in [2.24, 2.45) is 0 Å². The number of nitrogens with one attached hydrogen (secondary N) is 1. The molecule has 0 aliphatic carbocycles. The molecule has 0 fully saturated rings. The molecule has 0 unspecified atom stereocenters. The van der Waals surface area contributed by atoms with Crippen LogP contribution in [0.2, 0.25) is 5.02 Å². The summed E-state index contributed by atoms with van der Waals surface area (Å²) in [7, 11) is 1.61. The molecule has 0 aromatic heterocycles. The third-order valence-corrected chi connectivity index (χ3v) is 3.13. The fourth-order valence-electron chi connectivity index (χ4n) is 1.70. The minimum Gasteiger partial charge on any atom is -0.497 e. The standard InChI is InChI=1S/C14H13ClN2O3/c1-20-12-5-2-10(3-6-12)9-16-14-8-11(17(18)19)4-7-13(14)15/h2-8,16H,9H2,1H3. The lowest BCUT2D eigenvalue weighted by molar-refractivity contribution is -0.384. The van der Waals surface area contributed by atoms with Crippen molar-refractivity contribution in [3.8, 4) is 5.75 Å². The first-order valence-corrected chi connectivity index (χ1v) is 6.28. The number of nitro benzene ring substituents is 1. The molecule has 20 heavy (non-hydrogen) atoms. The van der Waals surface area contributed by atoms with E-state index in [4.69, 9.17) is 16.3 Å². The molecule has 104 valence electrons. The summed E-state index contributed by atoms with van der Waals surface area (Å²) < 4.78 is 5.08. The molecule has 0 saturated heterocycles. The van der Waals surface area contributed by atoms with E-state index < -0.39 is 4.92 Å². The molecular weight excluding hydrogens is 280 g/mol. The summed E-state index contributed by atoms with van der Waals surface area (Å²) in [6.07, 6.45) is 0. The van der Waals surface area contributed by atoms with Crippen molar-refractivity contribution in [1.82, 2.24) is 0 Å². The number of non-ortho nitro benzene ring substituents is 1. The largest absolute Gasteiger partial charge is 0.497 e. The van der Waals surface area contributed by atoms with Gasteiger partial charge in [-0.1, -0.05) is 23.7 Å². The number of nitrogens with zero attached hydrogens (tertiary/aromatic N) is 1. The minimum absolute atomic E-state index is 0.00614. The highest BCUT2D eigenvalue weighted by Crippen LogP contribution is 2.27. The third-order valence-electron chi connectivity index (χ3n) is 2.80. The van der Waals surface area contributed by atoms with Gasteiger partial charge < -0.3 is 10.1 Å². The molecule has 5 nitrogen and oxygen atoms in total. The van der Waals surface area contributed by atoms with Gasteiger partial charge in [-0.2, -0.15) is 0 Å². The van der Waals surface area contributed by atoms with Crippen molar-refractivity contribution in [3.05, 3.63) is 63.2 Å². The van der Waals surface area contributed by atoms with Crippen LogP contribution in [-0.2, 0) is 6.54 Å². The number of nitro groups is 1. The molecule has 6 heteroatoms. The Labute approximate surface area is 121 Å². The van der Waals surface area contributed by atoms with Crippen LogP contribution in [0.4, 0.5) is 11.4 Å². The number of hydrogen-bond donors (Lipinski definition) is 1. The van der Waals surface area contributed by atoms with Crippen LogP contribution in [0.1, 0.15) is 5.56 Å². The highest BCUT2D eigenvalue weighted by molar-refractivity contribution is 6.33. The maximum Gasteiger partial charge on any atom is 0.271 e. The minimum atomic E-state index is -0.450. The van der Waals surface area contributed by atoms with Gasteiger partial charge in [0.1, 0.15) is 5.75 Å². The molecule has 2 aromatic rings. The summed E-state index contributed by atoms with van der Waals surface area (Å²) in [5.74, 6) is 0.780. The van der Waals surface area contributed by atoms with E-state index in [2.05, 4.69) is 5.32 Å². The fraction of sp³-hybridized carbons (Fsp3) is 0.143. The Morgan fingerprint density at radius 2 is 1.95 bits per heavy atom. The Hall–Kier alpha value is -2.27. The number of halogens is 1. The monoisotopic (exact) mass is 292 g/mol. The summed E-state index contributed by atoms with van der Waals surface area (Å²) in [5, 5.41) is 14.3. The van der Waals surface area contributed by atoms with Gasteiger partial charge in [-0.05, 0) is 23.8 Å². The van der Waals surface area contributed by atoms with Crippen LogP contribution in [0.25, 0.3) is 0 Å². The summed E-state index contributed by atoms with van der Waals surface area (Å²) in [6.45, 7) is 0.519. The topological polar surface area (TPSA) is 64.4 Å². The van der Waals surface area contributed by atoms with Crippen molar-refractivity contribution in [2.45, 2.75) is 6.54 Å². The molecule has 0 aliphatic heterocycles. The van der Waals surface area contributed by atoms with Crippen LogP contribution in [0.5, 0.6) is 5.75 Å². The van der Waals surface area contributed by atoms with Crippen molar-refractivity contribution >= 4 is 23.0 Å². The molecular formula is C14H13ClN2O3. The maximum atomic E-state index is 10.7. The number of methoxy groups -OCH3 is 1. The average molecular weight is 293 g/mol. The highest BCUT2D eigenvalue weighted by Gasteiger charge is 2.09. The normalized spacial score (nSPS) is 10.1. The van der Waals surface area contributed by atoms with Gasteiger partial charge in [0.25, 0.3) is 5.69 Å². The average Bonchev–Trinajstić information content (AvgIpc) is 2.46. The van der Waals surface area contributed by atoms with Gasteiger partial charge in [0, 0.05) is 18.7 Å². The zero-order valence-electron chi connectivity index (χ0n) is 10.8. The molecule has 0 saturated carbocycles. The predicted octanol–water partition coefficient (Wildman–Crippen LogP) is 3.87. The zero-order chi connectivity index (χ0) is 14.5. The summed E-state index contributed by atoms with van der Waals surface area (Å²) in [4.78, 5) is 10.3. The van der Waals surface area contributed by atoms with E-state index in [1.807, 2.05) is 24.3 Å². The molecule has 0 amide bonds. The second kappa shape index (κ2) is 6.25. The molecule has 0 spiro atoms. The Morgan fingerprint density at radius 1 is 1.25 bits per heavy atom. The lowest BCUT2D eigenvalue weighted by Gasteiger charge is -2.09. The van der Waals surface area contributed by atoms with E-state index in [0.717, 1.165) is 11.3 Å². The first-order valence-electron chi connectivity index (χ1n) is 5.91. The van der Waals surface area contributed by atoms with E-state index >= 15 is 0 Å². The number of anilines is 1. The Balaban J connectivity index is 2.09. The summed E-state index contributed by atoms with van der Waals surface area (Å²) in [5.41, 5.74) is 1.57. The summed E-state index contributed by atoms with van der Waals surface area (Å²) >= 11 is 6.01. The number of ether oxygens (including phenoxy) is 1. The van der Waals surface area contributed by atoms with Crippen LogP contribution in [0.15, 0.2) is 42.5 Å². The van der Waals surface area contributed by atoms with Gasteiger partial charge in [0.2, 0.25) is 0 Å². The SMILES string of the molecule is COc1ccc(CNc2cc([N+](=O)[O-])ccc2Cl)cc1. The first-order chi connectivity index (χ1) is 9.60. The van der Waals surface area contributed by atoms with E-state index in [0.29, 0.717) is 17.3 Å². The molecule has 0 bridgehead atoms. The summed E-state index contributed by atoms with van der Waals surface area (Å²) in [6, 6.07) is 11.8. The Bertz CT molecular complexity index is 614. The lowest BCUT2D eigenvalue weighted by atomic mass is 10.2. The number of rotatable bonds is 5. The van der Waals surface area contributed by atoms with E-state index in [-0.39, 0.29) is 5.69 Å². The van der Waals surface area contributed by atoms with Crippen LogP contribution in [0.3, 0.4) is 0 Å². The van der Waals surface area contributed by atoms with Crippen LogP contribution in [0, 0.1) is 10.1 Å². The van der Waals surface area contributed by atoms with E-state index in [9.17, 15) is 10.1 Å². The van der Waals surface area contributed by atoms with Crippen LogP contribution < -0.4 is 10.1 Å². The van der Waals surface area contributed by atoms with Gasteiger partial charge in [-0.3, -0.25) is 10.1 Å².